The van der Waals surface area contributed by atoms with Gasteiger partial charge in [0, 0.05) is 37.1 Å². The van der Waals surface area contributed by atoms with Gasteiger partial charge in [0.15, 0.2) is 0 Å². The number of hydrogen-bond donors (Lipinski definition) is 0. The number of hydrogen-bond acceptors (Lipinski definition) is 3. The molecule has 49 heavy (non-hydrogen) atoms. The number of furan rings is 1. The van der Waals surface area contributed by atoms with Gasteiger partial charge in [-0.05, 0) is 65.3 Å². The molecular formula is C44H46GeIrN2O-2. The molecule has 0 aliphatic carbocycles. The quantitative estimate of drug-likeness (QED) is 0.118. The van der Waals surface area contributed by atoms with Crippen molar-refractivity contribution < 1.29 is 32.7 Å². The maximum absolute atomic E-state index is 8.97. The van der Waals surface area contributed by atoms with E-state index in [1.54, 1.807) is 12.1 Å². The van der Waals surface area contributed by atoms with Gasteiger partial charge < -0.3 is 9.40 Å². The van der Waals surface area contributed by atoms with Gasteiger partial charge in [-0.15, -0.1) is 18.2 Å². The summed E-state index contributed by atoms with van der Waals surface area (Å²) < 4.78 is 57.5. The van der Waals surface area contributed by atoms with Gasteiger partial charge in [-0.25, -0.2) is 0 Å². The minimum atomic E-state index is -2.54. The van der Waals surface area contributed by atoms with E-state index in [0.717, 1.165) is 43.9 Å². The maximum atomic E-state index is 8.97. The molecule has 3 nitrogen and oxygen atoms in total. The van der Waals surface area contributed by atoms with Crippen molar-refractivity contribution in [1.82, 2.24) is 9.97 Å². The molecule has 7 rings (SSSR count). The maximum Gasteiger partial charge on any atom is 0.121 e. The smallest absolute Gasteiger partial charge is 0.121 e. The molecule has 3 heterocycles. The van der Waals surface area contributed by atoms with Gasteiger partial charge in [0.05, 0.1) is 6.95 Å². The van der Waals surface area contributed by atoms with Crippen molar-refractivity contribution in [2.75, 3.05) is 0 Å². The van der Waals surface area contributed by atoms with Crippen LogP contribution in [0.1, 0.15) is 77.2 Å². The van der Waals surface area contributed by atoms with Crippen molar-refractivity contribution in [3.63, 3.8) is 0 Å². The van der Waals surface area contributed by atoms with Crippen LogP contribution in [0.3, 0.4) is 0 Å². The van der Waals surface area contributed by atoms with Crippen LogP contribution in [-0.4, -0.2) is 23.2 Å². The van der Waals surface area contributed by atoms with Gasteiger partial charge >= 0.3 is 120 Å². The molecule has 0 unspecified atom stereocenters. The summed E-state index contributed by atoms with van der Waals surface area (Å²) in [4.78, 5) is 8.98. The molecule has 1 radical (unpaired) electrons. The standard InChI is InChI=1S/C27H24NO.C17H22GeN.Ir/c1-4-18(5-2)23-15-25(28-16-17(23)3)22-12-8-11-21-24-13-19-9-6-7-10-20(19)14-26(24)29-27(21)22;1-13(2)15-11-17(14-9-7-6-8-10-14)19-12-16(15)18(3,4)5;/h6-11,13-16,18H,4-5H2,1-3H3;6-9,11-13H,1-5H3;/q2*-1;/i3D3,16D,18D;13D;. The van der Waals surface area contributed by atoms with Crippen molar-refractivity contribution >= 4 is 50.4 Å². The Hall–Kier alpha value is -3.57. The summed E-state index contributed by atoms with van der Waals surface area (Å²) in [5.74, 6) is 5.30. The Kier molecular flexibility index (Phi) is 9.26. The van der Waals surface area contributed by atoms with Crippen LogP contribution in [0, 0.1) is 19.0 Å². The molecule has 0 atom stereocenters. The molecule has 0 aliphatic heterocycles. The van der Waals surface area contributed by atoms with Crippen molar-refractivity contribution in [3.8, 4) is 22.5 Å². The topological polar surface area (TPSA) is 38.9 Å². The van der Waals surface area contributed by atoms with Crippen LogP contribution in [0.25, 0.3) is 55.2 Å². The molecule has 0 saturated carbocycles. The Morgan fingerprint density at radius 3 is 2.20 bits per heavy atom. The van der Waals surface area contributed by atoms with E-state index < -0.39 is 31.9 Å². The Bertz CT molecular complexity index is 2460. The second-order valence-corrected chi connectivity index (χ2v) is 24.0. The summed E-state index contributed by atoms with van der Waals surface area (Å²) in [6.45, 7) is 5.10. The number of pyridine rings is 2. The Morgan fingerprint density at radius 2 is 1.55 bits per heavy atom. The van der Waals surface area contributed by atoms with Crippen LogP contribution >= 0.6 is 0 Å². The minimum absolute atomic E-state index is 0. The minimum Gasteiger partial charge on any atom is -0.501 e. The van der Waals surface area contributed by atoms with Crippen molar-refractivity contribution in [3.05, 3.63) is 126 Å². The summed E-state index contributed by atoms with van der Waals surface area (Å²) >= 11 is -2.03. The molecule has 0 fully saturated rings. The molecule has 0 bridgehead atoms. The van der Waals surface area contributed by atoms with E-state index in [1.807, 2.05) is 88.5 Å². The van der Waals surface area contributed by atoms with E-state index in [2.05, 4.69) is 57.6 Å². The van der Waals surface area contributed by atoms with Crippen LogP contribution in [0.5, 0.6) is 0 Å². The number of aromatic nitrogens is 2. The molecule has 0 N–H and O–H groups in total. The van der Waals surface area contributed by atoms with Gasteiger partial charge in [0.1, 0.15) is 5.58 Å². The van der Waals surface area contributed by atoms with Gasteiger partial charge in [-0.2, -0.15) is 0 Å². The molecule has 0 amide bonds. The number of fused-ring (bicyclic) bond motifs is 4. The first-order valence-corrected chi connectivity index (χ1v) is 24.0. The van der Waals surface area contributed by atoms with Gasteiger partial charge in [0.25, 0.3) is 0 Å². The zero-order valence-corrected chi connectivity index (χ0v) is 33.7. The average molecular weight is 890 g/mol. The van der Waals surface area contributed by atoms with Crippen LogP contribution in [0.2, 0.25) is 17.3 Å². The second-order valence-electron chi connectivity index (χ2n) is 13.4. The zero-order chi connectivity index (χ0) is 39.2. The largest absolute Gasteiger partial charge is 0.501 e. The van der Waals surface area contributed by atoms with E-state index in [1.165, 1.54) is 4.40 Å². The van der Waals surface area contributed by atoms with E-state index in [-0.39, 0.29) is 31.8 Å². The fraction of sp³-hybridized carbons (Fsp3) is 0.273. The van der Waals surface area contributed by atoms with Crippen LogP contribution in [0.4, 0.5) is 0 Å². The third kappa shape index (κ3) is 7.78. The number of nitrogens with zero attached hydrogens (tertiary/aromatic N) is 2. The Balaban J connectivity index is 0.000000237. The fourth-order valence-electron chi connectivity index (χ4n) is 6.24. The molecule has 3 aromatic heterocycles. The van der Waals surface area contributed by atoms with Gasteiger partial charge in [-0.3, -0.25) is 0 Å². The third-order valence-electron chi connectivity index (χ3n) is 8.86. The van der Waals surface area contributed by atoms with E-state index in [4.69, 9.17) is 12.6 Å². The normalized spacial score (nSPS) is 14.1. The predicted molar refractivity (Wildman–Crippen MR) is 207 cm³/mol. The molecule has 253 valence electrons. The van der Waals surface area contributed by atoms with Gasteiger partial charge in [0.2, 0.25) is 0 Å². The molecule has 5 heteroatoms. The second kappa shape index (κ2) is 15.5. The molecule has 4 aromatic carbocycles. The summed E-state index contributed by atoms with van der Waals surface area (Å²) in [7, 11) is 0. The number of benzene rings is 4. The Labute approximate surface area is 316 Å². The van der Waals surface area contributed by atoms with Crippen molar-refractivity contribution in [2.45, 2.75) is 76.4 Å². The van der Waals surface area contributed by atoms with Crippen LogP contribution in [-0.2, 0) is 20.1 Å². The van der Waals surface area contributed by atoms with Crippen LogP contribution in [0.15, 0.2) is 102 Å². The summed E-state index contributed by atoms with van der Waals surface area (Å²) in [6, 6.07) is 33.9. The Morgan fingerprint density at radius 1 is 0.837 bits per heavy atom. The SMILES string of the molecule is [2H]C(C)(C)c1cc(-c2[c-]cccc2)nc[c]1[Ge]([CH3])([CH3])[CH3].[2H]c1nc(-c2[c-]ccc3c2oc2cc4ccccc4cc23)cc(C([2H])(CC)CC)c1C([2H])([2H])[2H].[Ir]. The molecule has 0 saturated heterocycles. The summed E-state index contributed by atoms with van der Waals surface area (Å²) in [5, 5.41) is 4.03. The summed E-state index contributed by atoms with van der Waals surface area (Å²) in [5.41, 5.74) is 5.44. The zero-order valence-electron chi connectivity index (χ0n) is 35.2. The first-order chi connectivity index (χ1) is 25.4. The van der Waals surface area contributed by atoms with Crippen molar-refractivity contribution in [2.24, 2.45) is 0 Å². The first-order valence-electron chi connectivity index (χ1n) is 19.6. The molecule has 0 spiro atoms. The fourth-order valence-corrected chi connectivity index (χ4v) is 9.56. The van der Waals surface area contributed by atoms with E-state index in [0.29, 0.717) is 35.2 Å². The predicted octanol–water partition coefficient (Wildman–Crippen LogP) is 12.0. The first kappa shape index (κ1) is 29.2. The van der Waals surface area contributed by atoms with E-state index in [9.17, 15) is 0 Å². The molecule has 0 aliphatic rings. The van der Waals surface area contributed by atoms with Gasteiger partial charge in [-0.1, -0.05) is 55.1 Å². The molecular weight excluding hydrogens is 837 g/mol. The van der Waals surface area contributed by atoms with Crippen LogP contribution < -0.4 is 4.40 Å². The molecule has 7 aromatic rings. The summed E-state index contributed by atoms with van der Waals surface area (Å²) in [6.07, 6.45) is 2.50. The van der Waals surface area contributed by atoms with E-state index >= 15 is 0 Å². The average Bonchev–Trinajstić information content (AvgIpc) is 3.49. The van der Waals surface area contributed by atoms with Crippen molar-refractivity contribution in [1.29, 1.82) is 0 Å². The number of rotatable bonds is 7. The monoisotopic (exact) mass is 891 g/mol. The third-order valence-corrected chi connectivity index (χ3v) is 13.1.